The third-order valence-corrected chi connectivity index (χ3v) is 3.65. The molecular weight excluding hydrogens is 240 g/mol. The number of thiophene rings is 1. The van der Waals surface area contributed by atoms with Gasteiger partial charge < -0.3 is 0 Å². The van der Waals surface area contributed by atoms with Gasteiger partial charge in [0.2, 0.25) is 0 Å². The number of halogens is 1. The zero-order valence-corrected chi connectivity index (χ0v) is 9.79. The van der Waals surface area contributed by atoms with Crippen molar-refractivity contribution in [1.82, 2.24) is 10.2 Å². The highest BCUT2D eigenvalue weighted by molar-refractivity contribution is 7.22. The Morgan fingerprint density at radius 3 is 2.62 bits per heavy atom. The van der Waals surface area contributed by atoms with Gasteiger partial charge in [0, 0.05) is 4.70 Å². The second-order valence-electron chi connectivity index (χ2n) is 3.39. The number of benzene rings is 1. The summed E-state index contributed by atoms with van der Waals surface area (Å²) in [6.45, 7) is 0. The van der Waals surface area contributed by atoms with E-state index in [0.29, 0.717) is 5.15 Å². The lowest BCUT2D eigenvalue weighted by atomic mass is 10.2. The van der Waals surface area contributed by atoms with Crippen LogP contribution in [0.25, 0.3) is 20.7 Å². The van der Waals surface area contributed by atoms with E-state index in [1.807, 2.05) is 18.2 Å². The first-order chi connectivity index (χ1) is 7.83. The van der Waals surface area contributed by atoms with E-state index >= 15 is 0 Å². The summed E-state index contributed by atoms with van der Waals surface area (Å²) in [5.74, 6) is 0. The summed E-state index contributed by atoms with van der Waals surface area (Å²) in [5.41, 5.74) is 0.866. The first-order valence-corrected chi connectivity index (χ1v) is 6.00. The maximum Gasteiger partial charge on any atom is 0.151 e. The highest BCUT2D eigenvalue weighted by Crippen LogP contribution is 2.32. The van der Waals surface area contributed by atoms with Crippen molar-refractivity contribution in [1.29, 1.82) is 0 Å². The fourth-order valence-corrected chi connectivity index (χ4v) is 2.68. The van der Waals surface area contributed by atoms with Crippen molar-refractivity contribution in [3.05, 3.63) is 47.6 Å². The SMILES string of the molecule is Clc1ccc(-c2cc3ccccc3s2)nn1. The minimum atomic E-state index is 0.421. The van der Waals surface area contributed by atoms with Gasteiger partial charge in [-0.2, -0.15) is 0 Å². The van der Waals surface area contributed by atoms with Crippen LogP contribution in [0.1, 0.15) is 0 Å². The smallest absolute Gasteiger partial charge is 0.148 e. The Morgan fingerprint density at radius 1 is 1.00 bits per heavy atom. The summed E-state index contributed by atoms with van der Waals surface area (Å²) in [6, 6.07) is 14.0. The molecule has 0 fully saturated rings. The third-order valence-electron chi connectivity index (χ3n) is 2.31. The quantitative estimate of drug-likeness (QED) is 0.648. The lowest BCUT2D eigenvalue weighted by Gasteiger charge is -1.93. The van der Waals surface area contributed by atoms with Gasteiger partial charge in [-0.3, -0.25) is 0 Å². The summed E-state index contributed by atoms with van der Waals surface area (Å²) < 4.78 is 1.26. The normalized spacial score (nSPS) is 10.8. The average Bonchev–Trinajstić information content (AvgIpc) is 2.73. The maximum absolute atomic E-state index is 5.71. The van der Waals surface area contributed by atoms with Crippen LogP contribution in [-0.2, 0) is 0 Å². The molecule has 0 radical (unpaired) electrons. The number of fused-ring (bicyclic) bond motifs is 1. The summed E-state index contributed by atoms with van der Waals surface area (Å²) in [4.78, 5) is 1.12. The topological polar surface area (TPSA) is 25.8 Å². The van der Waals surface area contributed by atoms with E-state index in [-0.39, 0.29) is 0 Å². The predicted octanol–water partition coefficient (Wildman–Crippen LogP) is 4.01. The molecule has 0 saturated carbocycles. The van der Waals surface area contributed by atoms with Gasteiger partial charge in [0.15, 0.2) is 5.15 Å². The van der Waals surface area contributed by atoms with E-state index in [1.165, 1.54) is 10.1 Å². The highest BCUT2D eigenvalue weighted by atomic mass is 35.5. The third kappa shape index (κ3) is 1.68. The van der Waals surface area contributed by atoms with Gasteiger partial charge in [0.25, 0.3) is 0 Å². The van der Waals surface area contributed by atoms with Crippen molar-refractivity contribution in [2.75, 3.05) is 0 Å². The Balaban J connectivity index is 2.15. The number of rotatable bonds is 1. The summed E-state index contributed by atoms with van der Waals surface area (Å²) in [5, 5.41) is 9.58. The van der Waals surface area contributed by atoms with Crippen molar-refractivity contribution in [3.63, 3.8) is 0 Å². The van der Waals surface area contributed by atoms with Crippen LogP contribution in [-0.4, -0.2) is 10.2 Å². The van der Waals surface area contributed by atoms with Crippen molar-refractivity contribution in [3.8, 4) is 10.6 Å². The van der Waals surface area contributed by atoms with Crippen molar-refractivity contribution in [2.24, 2.45) is 0 Å². The molecule has 0 unspecified atom stereocenters. The van der Waals surface area contributed by atoms with Gasteiger partial charge in [0.1, 0.15) is 5.69 Å². The number of hydrogen-bond donors (Lipinski definition) is 0. The zero-order valence-electron chi connectivity index (χ0n) is 8.22. The van der Waals surface area contributed by atoms with Gasteiger partial charge in [0.05, 0.1) is 4.88 Å². The van der Waals surface area contributed by atoms with Crippen molar-refractivity contribution in [2.45, 2.75) is 0 Å². The molecule has 0 saturated heterocycles. The molecule has 0 aliphatic carbocycles. The molecular formula is C12H7ClN2S. The second kappa shape index (κ2) is 3.85. The van der Waals surface area contributed by atoms with E-state index in [4.69, 9.17) is 11.6 Å². The minimum absolute atomic E-state index is 0.421. The van der Waals surface area contributed by atoms with Crippen LogP contribution in [0.3, 0.4) is 0 Å². The van der Waals surface area contributed by atoms with E-state index in [2.05, 4.69) is 28.4 Å². The molecule has 1 aromatic carbocycles. The van der Waals surface area contributed by atoms with Crippen LogP contribution < -0.4 is 0 Å². The lowest BCUT2D eigenvalue weighted by Crippen LogP contribution is -1.84. The monoisotopic (exact) mass is 246 g/mol. The number of nitrogens with zero attached hydrogens (tertiary/aromatic N) is 2. The maximum atomic E-state index is 5.71. The number of hydrogen-bond acceptors (Lipinski definition) is 3. The molecule has 2 heterocycles. The summed E-state index contributed by atoms with van der Waals surface area (Å²) in [6.07, 6.45) is 0. The van der Waals surface area contributed by atoms with E-state index in [0.717, 1.165) is 10.6 Å². The van der Waals surface area contributed by atoms with Crippen LogP contribution in [0, 0.1) is 0 Å². The molecule has 0 bridgehead atoms. The molecule has 0 aliphatic heterocycles. The van der Waals surface area contributed by atoms with Crippen molar-refractivity contribution < 1.29 is 0 Å². The number of aromatic nitrogens is 2. The summed E-state index contributed by atoms with van der Waals surface area (Å²) in [7, 11) is 0. The van der Waals surface area contributed by atoms with Gasteiger partial charge in [-0.05, 0) is 29.7 Å². The molecule has 16 heavy (non-hydrogen) atoms. The fraction of sp³-hybridized carbons (Fsp3) is 0. The summed E-state index contributed by atoms with van der Waals surface area (Å²) >= 11 is 7.42. The fourth-order valence-electron chi connectivity index (χ4n) is 1.56. The van der Waals surface area contributed by atoms with Crippen LogP contribution in [0.2, 0.25) is 5.15 Å². The first-order valence-electron chi connectivity index (χ1n) is 4.81. The van der Waals surface area contributed by atoms with E-state index < -0.39 is 0 Å². The van der Waals surface area contributed by atoms with Gasteiger partial charge in [-0.1, -0.05) is 29.8 Å². The molecule has 0 spiro atoms. The molecule has 0 atom stereocenters. The Morgan fingerprint density at radius 2 is 1.88 bits per heavy atom. The molecule has 4 heteroatoms. The van der Waals surface area contributed by atoms with Gasteiger partial charge in [-0.25, -0.2) is 0 Å². The predicted molar refractivity (Wildman–Crippen MR) is 67.9 cm³/mol. The molecule has 78 valence electrons. The molecule has 0 aliphatic rings. The van der Waals surface area contributed by atoms with Crippen LogP contribution >= 0.6 is 22.9 Å². The largest absolute Gasteiger partial charge is 0.151 e. The van der Waals surface area contributed by atoms with Crippen molar-refractivity contribution >= 4 is 33.0 Å². The van der Waals surface area contributed by atoms with Gasteiger partial charge >= 0.3 is 0 Å². The molecule has 3 aromatic rings. The zero-order chi connectivity index (χ0) is 11.0. The Kier molecular flexibility index (Phi) is 2.35. The van der Waals surface area contributed by atoms with Gasteiger partial charge in [-0.15, -0.1) is 21.5 Å². The average molecular weight is 247 g/mol. The van der Waals surface area contributed by atoms with Crippen LogP contribution in [0.4, 0.5) is 0 Å². The molecule has 2 aromatic heterocycles. The van der Waals surface area contributed by atoms with Crippen LogP contribution in [0.15, 0.2) is 42.5 Å². The Hall–Kier alpha value is -1.45. The van der Waals surface area contributed by atoms with E-state index in [1.54, 1.807) is 17.4 Å². The van der Waals surface area contributed by atoms with E-state index in [9.17, 15) is 0 Å². The standard InChI is InChI=1S/C12H7ClN2S/c13-12-6-5-9(14-15-12)11-7-8-3-1-2-4-10(8)16-11/h1-7H. The minimum Gasteiger partial charge on any atom is -0.148 e. The Labute approximate surface area is 102 Å². The molecule has 3 rings (SSSR count). The molecule has 0 amide bonds. The first kappa shape index (κ1) is 9.75. The molecule has 2 nitrogen and oxygen atoms in total. The van der Waals surface area contributed by atoms with Crippen LogP contribution in [0.5, 0.6) is 0 Å². The Bertz CT molecular complexity index is 598. The molecule has 0 N–H and O–H groups in total. The lowest BCUT2D eigenvalue weighted by molar-refractivity contribution is 1.04. The second-order valence-corrected chi connectivity index (χ2v) is 4.86. The highest BCUT2D eigenvalue weighted by Gasteiger charge is 2.05.